The van der Waals surface area contributed by atoms with Gasteiger partial charge in [0, 0.05) is 28.9 Å². The van der Waals surface area contributed by atoms with Crippen molar-refractivity contribution in [2.45, 2.75) is 19.6 Å². The molecule has 0 saturated carbocycles. The highest BCUT2D eigenvalue weighted by molar-refractivity contribution is 6.38. The molecule has 0 bridgehead atoms. The van der Waals surface area contributed by atoms with Gasteiger partial charge >= 0.3 is 0 Å². The van der Waals surface area contributed by atoms with Crippen molar-refractivity contribution in [2.24, 2.45) is 0 Å². The molecule has 0 radical (unpaired) electrons. The lowest BCUT2D eigenvalue weighted by atomic mass is 10.1. The molecular weight excluding hydrogens is 386 g/mol. The van der Waals surface area contributed by atoms with Crippen molar-refractivity contribution in [3.63, 3.8) is 0 Å². The fourth-order valence-electron chi connectivity index (χ4n) is 3.12. The van der Waals surface area contributed by atoms with E-state index < -0.39 is 0 Å². The second kappa shape index (κ2) is 8.37. The van der Waals surface area contributed by atoms with Crippen molar-refractivity contribution in [1.82, 2.24) is 15.3 Å². The highest BCUT2D eigenvalue weighted by atomic mass is 35.5. The van der Waals surface area contributed by atoms with Crippen molar-refractivity contribution in [1.29, 1.82) is 0 Å². The summed E-state index contributed by atoms with van der Waals surface area (Å²) in [7, 11) is 0. The van der Waals surface area contributed by atoms with E-state index in [1.807, 2.05) is 67.6 Å². The molecule has 0 aliphatic rings. The van der Waals surface area contributed by atoms with Crippen LogP contribution in [-0.4, -0.2) is 15.9 Å². The number of halogens is 1. The van der Waals surface area contributed by atoms with Gasteiger partial charge in [0.05, 0.1) is 11.1 Å². The molecular formula is C23H20ClN3O2. The third-order valence-corrected chi connectivity index (χ3v) is 5.12. The zero-order chi connectivity index (χ0) is 20.2. The van der Waals surface area contributed by atoms with Crippen LogP contribution in [-0.2, 0) is 6.61 Å². The number of benzene rings is 2. The minimum absolute atomic E-state index is 0.183. The maximum absolute atomic E-state index is 12.7. The van der Waals surface area contributed by atoms with Gasteiger partial charge in [0.25, 0.3) is 5.91 Å². The number of rotatable bonds is 6. The van der Waals surface area contributed by atoms with Crippen LogP contribution < -0.4 is 10.1 Å². The molecule has 1 atom stereocenters. The first-order chi connectivity index (χ1) is 14.1. The van der Waals surface area contributed by atoms with Gasteiger partial charge in [0.1, 0.15) is 18.1 Å². The van der Waals surface area contributed by atoms with Crippen LogP contribution in [0.3, 0.4) is 0 Å². The number of nitrogens with zero attached hydrogens (tertiary/aromatic N) is 1. The average Bonchev–Trinajstić information content (AvgIpc) is 3.10. The van der Waals surface area contributed by atoms with E-state index in [1.165, 1.54) is 0 Å². The van der Waals surface area contributed by atoms with Crippen LogP contribution in [0.5, 0.6) is 5.75 Å². The molecule has 0 fully saturated rings. The number of amides is 1. The molecule has 0 spiro atoms. The molecule has 0 aliphatic carbocycles. The number of carbonyl (C=O) groups excluding carboxylic acids is 1. The predicted molar refractivity (Wildman–Crippen MR) is 114 cm³/mol. The summed E-state index contributed by atoms with van der Waals surface area (Å²) >= 11 is 6.37. The van der Waals surface area contributed by atoms with Crippen molar-refractivity contribution in [3.8, 4) is 5.75 Å². The van der Waals surface area contributed by atoms with E-state index in [2.05, 4.69) is 15.3 Å². The first-order valence-electron chi connectivity index (χ1n) is 9.30. The second-order valence-electron chi connectivity index (χ2n) is 6.77. The summed E-state index contributed by atoms with van der Waals surface area (Å²) in [6.07, 6.45) is 3.51. The summed E-state index contributed by atoms with van der Waals surface area (Å²) in [5.74, 6) is 0.519. The molecule has 1 amide bonds. The van der Waals surface area contributed by atoms with Gasteiger partial charge in [0.2, 0.25) is 0 Å². The number of H-pyrrole nitrogens is 1. The quantitative estimate of drug-likeness (QED) is 0.458. The van der Waals surface area contributed by atoms with Gasteiger partial charge in [-0.05, 0) is 36.8 Å². The van der Waals surface area contributed by atoms with Crippen LogP contribution in [0.4, 0.5) is 0 Å². The van der Waals surface area contributed by atoms with E-state index in [9.17, 15) is 4.79 Å². The normalized spacial score (nSPS) is 11.9. The molecule has 6 heteroatoms. The highest BCUT2D eigenvalue weighted by Gasteiger charge is 2.18. The van der Waals surface area contributed by atoms with Crippen LogP contribution in [0.1, 0.15) is 34.6 Å². The average molecular weight is 406 g/mol. The molecule has 2 N–H and O–H groups in total. The van der Waals surface area contributed by atoms with Gasteiger partial charge in [-0.25, -0.2) is 0 Å². The number of hydrogen-bond donors (Lipinski definition) is 2. The Bertz CT molecular complexity index is 1120. The lowest BCUT2D eigenvalue weighted by Crippen LogP contribution is -2.27. The standard InChI is InChI=1S/C23H20ClN3O2/c1-15(26-23(28)22-21(24)19-6-2-3-7-20(19)27-22)17-8-10-18(11-9-17)29-14-16-5-4-12-25-13-16/h2-13,15,27H,14H2,1H3,(H,26,28). The zero-order valence-electron chi connectivity index (χ0n) is 15.9. The molecule has 0 saturated heterocycles. The molecule has 1 unspecified atom stereocenters. The van der Waals surface area contributed by atoms with Gasteiger partial charge < -0.3 is 15.0 Å². The summed E-state index contributed by atoms with van der Waals surface area (Å²) in [5.41, 5.74) is 3.19. The minimum Gasteiger partial charge on any atom is -0.489 e. The molecule has 2 aromatic carbocycles. The molecule has 2 aromatic heterocycles. The van der Waals surface area contributed by atoms with Gasteiger partial charge in [0.15, 0.2) is 0 Å². The first kappa shape index (κ1) is 19.0. The molecule has 4 aromatic rings. The topological polar surface area (TPSA) is 67.0 Å². The Morgan fingerprint density at radius 3 is 2.66 bits per heavy atom. The number of hydrogen-bond acceptors (Lipinski definition) is 3. The van der Waals surface area contributed by atoms with E-state index in [4.69, 9.17) is 16.3 Å². The molecule has 2 heterocycles. The van der Waals surface area contributed by atoms with Crippen LogP contribution >= 0.6 is 11.6 Å². The summed E-state index contributed by atoms with van der Waals surface area (Å²) in [6.45, 7) is 2.39. The summed E-state index contributed by atoms with van der Waals surface area (Å²) in [5, 5.41) is 4.26. The zero-order valence-corrected chi connectivity index (χ0v) is 16.6. The van der Waals surface area contributed by atoms with Crippen LogP contribution in [0.2, 0.25) is 5.02 Å². The second-order valence-corrected chi connectivity index (χ2v) is 7.15. The smallest absolute Gasteiger partial charge is 0.269 e. The number of nitrogens with one attached hydrogen (secondary N) is 2. The summed E-state index contributed by atoms with van der Waals surface area (Å²) in [4.78, 5) is 19.9. The fourth-order valence-corrected chi connectivity index (χ4v) is 3.42. The molecule has 4 rings (SSSR count). The van der Waals surface area contributed by atoms with E-state index in [0.717, 1.165) is 27.8 Å². The van der Waals surface area contributed by atoms with Crippen LogP contribution in [0.15, 0.2) is 73.1 Å². The van der Waals surface area contributed by atoms with Crippen molar-refractivity contribution in [3.05, 3.63) is 94.9 Å². The SMILES string of the molecule is CC(NC(=O)c1[nH]c2ccccc2c1Cl)c1ccc(OCc2cccnc2)cc1. The number of pyridine rings is 1. The Labute approximate surface area is 173 Å². The van der Waals surface area contributed by atoms with Gasteiger partial charge in [-0.1, -0.05) is 48.0 Å². The minimum atomic E-state index is -0.240. The number of ether oxygens (including phenoxy) is 1. The molecule has 146 valence electrons. The number of para-hydroxylation sites is 1. The van der Waals surface area contributed by atoms with E-state index in [-0.39, 0.29) is 11.9 Å². The van der Waals surface area contributed by atoms with E-state index in [1.54, 1.807) is 12.4 Å². The lowest BCUT2D eigenvalue weighted by Gasteiger charge is -2.15. The predicted octanol–water partition coefficient (Wildman–Crippen LogP) is 5.29. The number of carbonyl (C=O) groups is 1. The Morgan fingerprint density at radius 2 is 1.93 bits per heavy atom. The Morgan fingerprint density at radius 1 is 1.14 bits per heavy atom. The van der Waals surface area contributed by atoms with Crippen molar-refractivity contribution < 1.29 is 9.53 Å². The third-order valence-electron chi connectivity index (χ3n) is 4.73. The van der Waals surface area contributed by atoms with Gasteiger partial charge in [-0.15, -0.1) is 0 Å². The Balaban J connectivity index is 1.40. The number of fused-ring (bicyclic) bond motifs is 1. The van der Waals surface area contributed by atoms with Gasteiger partial charge in [-0.2, -0.15) is 0 Å². The van der Waals surface area contributed by atoms with E-state index >= 15 is 0 Å². The van der Waals surface area contributed by atoms with Crippen LogP contribution in [0.25, 0.3) is 10.9 Å². The third kappa shape index (κ3) is 4.25. The maximum Gasteiger partial charge on any atom is 0.269 e. The number of aromatic amines is 1. The van der Waals surface area contributed by atoms with Crippen LogP contribution in [0, 0.1) is 0 Å². The lowest BCUT2D eigenvalue weighted by molar-refractivity contribution is 0.0936. The monoisotopic (exact) mass is 405 g/mol. The fraction of sp³-hybridized carbons (Fsp3) is 0.130. The highest BCUT2D eigenvalue weighted by Crippen LogP contribution is 2.27. The van der Waals surface area contributed by atoms with E-state index in [0.29, 0.717) is 17.3 Å². The largest absolute Gasteiger partial charge is 0.489 e. The Hall–Kier alpha value is -3.31. The molecule has 0 aliphatic heterocycles. The molecule has 5 nitrogen and oxygen atoms in total. The Kier molecular flexibility index (Phi) is 5.49. The first-order valence-corrected chi connectivity index (χ1v) is 9.68. The van der Waals surface area contributed by atoms with Crippen molar-refractivity contribution >= 4 is 28.4 Å². The summed E-state index contributed by atoms with van der Waals surface area (Å²) in [6, 6.07) is 18.9. The van der Waals surface area contributed by atoms with Gasteiger partial charge in [-0.3, -0.25) is 9.78 Å². The van der Waals surface area contributed by atoms with Crippen molar-refractivity contribution in [2.75, 3.05) is 0 Å². The summed E-state index contributed by atoms with van der Waals surface area (Å²) < 4.78 is 5.78. The molecule has 29 heavy (non-hydrogen) atoms. The maximum atomic E-state index is 12.7. The number of aromatic nitrogens is 2.